The van der Waals surface area contributed by atoms with Crippen molar-refractivity contribution in [2.75, 3.05) is 13.2 Å². The van der Waals surface area contributed by atoms with Crippen LogP contribution in [0, 0.1) is 5.92 Å². The second-order valence-electron chi connectivity index (χ2n) is 6.68. The van der Waals surface area contributed by atoms with Crippen molar-refractivity contribution in [1.29, 1.82) is 0 Å². The highest BCUT2D eigenvalue weighted by molar-refractivity contribution is 5.89. The summed E-state index contributed by atoms with van der Waals surface area (Å²) in [6.45, 7) is 3.38. The van der Waals surface area contributed by atoms with Crippen molar-refractivity contribution >= 4 is 11.8 Å². The average molecular weight is 386 g/mol. The number of halogens is 3. The third kappa shape index (κ3) is 6.15. The van der Waals surface area contributed by atoms with Crippen LogP contribution in [0.4, 0.5) is 13.2 Å². The van der Waals surface area contributed by atoms with Crippen molar-refractivity contribution < 1.29 is 27.5 Å². The molecular formula is C19H25F3N2O3. The standard InChI is InChI=1S/C19H25F3N2O3/c1-3-15(4-2)24-11-14(9-17(24)25)18(26)23-10-13-5-7-16(8-6-13)27-12-19(20,21)22/h5-8,14-15H,3-4,9-12H2,1-2H3,(H,23,26). The number of hydrogen-bond acceptors (Lipinski definition) is 3. The smallest absolute Gasteiger partial charge is 0.422 e. The molecule has 0 aliphatic carbocycles. The largest absolute Gasteiger partial charge is 0.484 e. The van der Waals surface area contributed by atoms with Gasteiger partial charge >= 0.3 is 6.18 Å². The first kappa shape index (κ1) is 21.1. The van der Waals surface area contributed by atoms with Crippen molar-refractivity contribution in [3.05, 3.63) is 29.8 Å². The van der Waals surface area contributed by atoms with Crippen molar-refractivity contribution in [2.45, 2.75) is 51.9 Å². The Morgan fingerprint density at radius 1 is 1.26 bits per heavy atom. The molecule has 150 valence electrons. The number of benzene rings is 1. The van der Waals surface area contributed by atoms with Gasteiger partial charge < -0.3 is 15.0 Å². The number of alkyl halides is 3. The molecule has 2 rings (SSSR count). The molecule has 1 fully saturated rings. The van der Waals surface area contributed by atoms with E-state index >= 15 is 0 Å². The molecule has 0 radical (unpaired) electrons. The maximum absolute atomic E-state index is 12.3. The first-order valence-corrected chi connectivity index (χ1v) is 9.09. The number of nitrogens with one attached hydrogen (secondary N) is 1. The van der Waals surface area contributed by atoms with E-state index in [1.165, 1.54) is 12.1 Å². The van der Waals surface area contributed by atoms with E-state index in [4.69, 9.17) is 0 Å². The first-order valence-electron chi connectivity index (χ1n) is 9.09. The summed E-state index contributed by atoms with van der Waals surface area (Å²) in [6.07, 6.45) is -2.45. The van der Waals surface area contributed by atoms with E-state index in [2.05, 4.69) is 10.1 Å². The maximum atomic E-state index is 12.3. The summed E-state index contributed by atoms with van der Waals surface area (Å²) in [5.74, 6) is -0.429. The van der Waals surface area contributed by atoms with Crippen molar-refractivity contribution in [1.82, 2.24) is 10.2 Å². The fourth-order valence-corrected chi connectivity index (χ4v) is 3.19. The Bertz CT molecular complexity index is 643. The van der Waals surface area contributed by atoms with Crippen LogP contribution in [0.15, 0.2) is 24.3 Å². The summed E-state index contributed by atoms with van der Waals surface area (Å²) in [5.41, 5.74) is 0.740. The lowest BCUT2D eigenvalue weighted by Crippen LogP contribution is -2.37. The minimum atomic E-state index is -4.38. The summed E-state index contributed by atoms with van der Waals surface area (Å²) in [6, 6.07) is 6.23. The molecule has 0 bridgehead atoms. The second kappa shape index (κ2) is 9.10. The Morgan fingerprint density at radius 2 is 1.89 bits per heavy atom. The minimum absolute atomic E-state index is 0.00927. The van der Waals surface area contributed by atoms with Crippen LogP contribution in [0.2, 0.25) is 0 Å². The molecule has 27 heavy (non-hydrogen) atoms. The van der Waals surface area contributed by atoms with E-state index in [0.29, 0.717) is 6.54 Å². The van der Waals surface area contributed by atoms with Crippen LogP contribution in [0.25, 0.3) is 0 Å². The number of likely N-dealkylation sites (tertiary alicyclic amines) is 1. The van der Waals surface area contributed by atoms with Gasteiger partial charge in [-0.15, -0.1) is 0 Å². The SMILES string of the molecule is CCC(CC)N1CC(C(=O)NCc2ccc(OCC(F)(F)F)cc2)CC1=O. The predicted molar refractivity (Wildman–Crippen MR) is 94.0 cm³/mol. The Balaban J connectivity index is 1.82. The third-order valence-corrected chi connectivity index (χ3v) is 4.71. The Hall–Kier alpha value is -2.25. The van der Waals surface area contributed by atoms with Crippen LogP contribution < -0.4 is 10.1 Å². The first-order chi connectivity index (χ1) is 12.7. The summed E-state index contributed by atoms with van der Waals surface area (Å²) < 4.78 is 41.0. The minimum Gasteiger partial charge on any atom is -0.484 e. The zero-order valence-electron chi connectivity index (χ0n) is 15.5. The van der Waals surface area contributed by atoms with Crippen LogP contribution >= 0.6 is 0 Å². The highest BCUT2D eigenvalue weighted by atomic mass is 19.4. The van der Waals surface area contributed by atoms with Gasteiger partial charge in [-0.3, -0.25) is 9.59 Å². The van der Waals surface area contributed by atoms with Crippen LogP contribution in [-0.2, 0) is 16.1 Å². The highest BCUT2D eigenvalue weighted by Gasteiger charge is 2.36. The molecule has 1 unspecified atom stereocenters. The number of carbonyl (C=O) groups excluding carboxylic acids is 2. The van der Waals surface area contributed by atoms with Gasteiger partial charge in [-0.05, 0) is 30.5 Å². The van der Waals surface area contributed by atoms with Gasteiger partial charge in [0.25, 0.3) is 0 Å². The predicted octanol–water partition coefficient (Wildman–Crippen LogP) is 3.28. The molecule has 1 aromatic rings. The van der Waals surface area contributed by atoms with E-state index in [1.807, 2.05) is 13.8 Å². The quantitative estimate of drug-likeness (QED) is 0.746. The van der Waals surface area contributed by atoms with E-state index in [1.54, 1.807) is 17.0 Å². The monoisotopic (exact) mass is 386 g/mol. The third-order valence-electron chi connectivity index (χ3n) is 4.71. The average Bonchev–Trinajstić information content (AvgIpc) is 3.01. The highest BCUT2D eigenvalue weighted by Crippen LogP contribution is 2.23. The Labute approximate surface area is 156 Å². The fourth-order valence-electron chi connectivity index (χ4n) is 3.19. The Morgan fingerprint density at radius 3 is 2.44 bits per heavy atom. The summed E-state index contributed by atoms with van der Waals surface area (Å²) in [5, 5.41) is 2.79. The van der Waals surface area contributed by atoms with Gasteiger partial charge in [0.1, 0.15) is 5.75 Å². The van der Waals surface area contributed by atoms with E-state index < -0.39 is 12.8 Å². The molecule has 2 amide bonds. The number of rotatable bonds is 8. The molecule has 5 nitrogen and oxygen atoms in total. The normalized spacial score (nSPS) is 17.5. The molecule has 1 saturated heterocycles. The lowest BCUT2D eigenvalue weighted by Gasteiger charge is -2.26. The summed E-state index contributed by atoms with van der Waals surface area (Å²) in [7, 11) is 0. The molecule has 0 saturated carbocycles. The summed E-state index contributed by atoms with van der Waals surface area (Å²) >= 11 is 0. The molecule has 1 aliphatic rings. The summed E-state index contributed by atoms with van der Waals surface area (Å²) in [4.78, 5) is 26.3. The molecule has 1 aliphatic heterocycles. The number of ether oxygens (including phenoxy) is 1. The van der Waals surface area contributed by atoms with Gasteiger partial charge in [0, 0.05) is 25.6 Å². The van der Waals surface area contributed by atoms with Crippen molar-refractivity contribution in [3.63, 3.8) is 0 Å². The van der Waals surface area contributed by atoms with Crippen LogP contribution in [0.5, 0.6) is 5.75 Å². The van der Waals surface area contributed by atoms with Gasteiger partial charge in [0.2, 0.25) is 11.8 Å². The van der Waals surface area contributed by atoms with Crippen molar-refractivity contribution in [3.8, 4) is 5.75 Å². The number of hydrogen-bond donors (Lipinski definition) is 1. The lowest BCUT2D eigenvalue weighted by molar-refractivity contribution is -0.153. The molecule has 1 atom stereocenters. The molecule has 8 heteroatoms. The number of amides is 2. The maximum Gasteiger partial charge on any atom is 0.422 e. The van der Waals surface area contributed by atoms with Gasteiger partial charge in [0.15, 0.2) is 6.61 Å². The topological polar surface area (TPSA) is 58.6 Å². The van der Waals surface area contributed by atoms with Crippen LogP contribution in [-0.4, -0.2) is 42.1 Å². The van der Waals surface area contributed by atoms with E-state index in [0.717, 1.165) is 18.4 Å². The number of carbonyl (C=O) groups is 2. The molecule has 0 aromatic heterocycles. The van der Waals surface area contributed by atoms with E-state index in [9.17, 15) is 22.8 Å². The van der Waals surface area contributed by atoms with Crippen molar-refractivity contribution in [2.24, 2.45) is 5.92 Å². The van der Waals surface area contributed by atoms with Gasteiger partial charge in [-0.1, -0.05) is 26.0 Å². The van der Waals surface area contributed by atoms with Gasteiger partial charge in [-0.2, -0.15) is 13.2 Å². The van der Waals surface area contributed by atoms with E-state index in [-0.39, 0.29) is 42.5 Å². The molecule has 1 heterocycles. The zero-order valence-corrected chi connectivity index (χ0v) is 15.5. The van der Waals surface area contributed by atoms with Gasteiger partial charge in [0.05, 0.1) is 5.92 Å². The Kier molecular flexibility index (Phi) is 7.10. The van der Waals surface area contributed by atoms with Crippen LogP contribution in [0.1, 0.15) is 38.7 Å². The fraction of sp³-hybridized carbons (Fsp3) is 0.579. The molecule has 1 N–H and O–H groups in total. The molecule has 0 spiro atoms. The molecular weight excluding hydrogens is 361 g/mol. The zero-order chi connectivity index (χ0) is 20.0. The van der Waals surface area contributed by atoms with Gasteiger partial charge in [-0.25, -0.2) is 0 Å². The molecule has 1 aromatic carbocycles. The number of nitrogens with zero attached hydrogens (tertiary/aromatic N) is 1. The van der Waals surface area contributed by atoms with Crippen LogP contribution in [0.3, 0.4) is 0 Å². The second-order valence-corrected chi connectivity index (χ2v) is 6.68. The lowest BCUT2D eigenvalue weighted by atomic mass is 10.1.